The summed E-state index contributed by atoms with van der Waals surface area (Å²) in [5, 5.41) is 4.69. The Kier molecular flexibility index (Phi) is 10.3. The molecule has 0 radical (unpaired) electrons. The van der Waals surface area contributed by atoms with E-state index in [9.17, 15) is 0 Å². The predicted molar refractivity (Wildman–Crippen MR) is 362 cm³/mol. The van der Waals surface area contributed by atoms with Crippen molar-refractivity contribution in [2.45, 2.75) is 0 Å². The second-order valence-corrected chi connectivity index (χ2v) is 25.2. The number of hydrogen-bond donors (Lipinski definition) is 0. The summed E-state index contributed by atoms with van der Waals surface area (Å²) in [5.41, 5.74) is 25.8. The van der Waals surface area contributed by atoms with Gasteiger partial charge in [-0.25, -0.2) is 0 Å². The van der Waals surface area contributed by atoms with Gasteiger partial charge < -0.3 is 0 Å². The van der Waals surface area contributed by atoms with Crippen molar-refractivity contribution in [2.24, 2.45) is 0 Å². The summed E-state index contributed by atoms with van der Waals surface area (Å²) < 4.78 is 17.4. The Morgan fingerprint density at radius 2 is 0.872 bits per heavy atom. The molecule has 86 heavy (non-hydrogen) atoms. The number of anilines is 9. The van der Waals surface area contributed by atoms with Gasteiger partial charge in [0.2, 0.25) is 0 Å². The van der Waals surface area contributed by atoms with Gasteiger partial charge in [-0.05, 0) is 18.2 Å². The molecule has 8 heteroatoms. The zero-order valence-corrected chi connectivity index (χ0v) is 48.1. The minimum atomic E-state index is -0.217. The van der Waals surface area contributed by atoms with Gasteiger partial charge in [0.05, 0.1) is 0 Å². The van der Waals surface area contributed by atoms with Crippen molar-refractivity contribution in [3.8, 4) is 44.9 Å². The maximum absolute atomic E-state index is 7.48. The van der Waals surface area contributed by atoms with Gasteiger partial charge in [-0.1, -0.05) is 78.9 Å². The Morgan fingerprint density at radius 1 is 0.314 bits per heavy atom. The van der Waals surface area contributed by atoms with Crippen LogP contribution in [0, 0.1) is 0 Å². The number of para-hydroxylation sites is 6. The molecule has 0 amide bonds. The summed E-state index contributed by atoms with van der Waals surface area (Å²) in [6, 6.07) is 105. The third kappa shape index (κ3) is 6.79. The van der Waals surface area contributed by atoms with E-state index in [1.807, 2.05) is 0 Å². The summed E-state index contributed by atoms with van der Waals surface area (Å²) in [6.07, 6.45) is 0. The molecule has 398 valence electrons. The molecular formula is C78H47B2N3O2Se. The van der Waals surface area contributed by atoms with Gasteiger partial charge in [0.1, 0.15) is 5.58 Å². The average molecular weight is 1160 g/mol. The van der Waals surface area contributed by atoms with Crippen LogP contribution in [0.1, 0.15) is 0 Å². The van der Waals surface area contributed by atoms with Gasteiger partial charge in [0, 0.05) is 11.1 Å². The number of benzene rings is 13. The number of ether oxygens (including phenoxy) is 1. The fraction of sp³-hybridized carbons (Fsp3) is 0. The van der Waals surface area contributed by atoms with Gasteiger partial charge >= 0.3 is 393 Å². The summed E-state index contributed by atoms with van der Waals surface area (Å²) in [6.45, 7) is -0.396. The molecule has 0 N–H and O–H groups in total. The molecule has 0 atom stereocenters. The predicted octanol–water partition coefficient (Wildman–Crippen LogP) is 16.4. The van der Waals surface area contributed by atoms with E-state index in [4.69, 9.17) is 9.15 Å². The molecule has 13 aromatic carbocycles. The summed E-state index contributed by atoms with van der Waals surface area (Å²) >= 11 is 0.0469. The van der Waals surface area contributed by atoms with Gasteiger partial charge in [-0.2, -0.15) is 0 Å². The second kappa shape index (κ2) is 18.5. The molecule has 0 bridgehead atoms. The maximum atomic E-state index is 7.48. The SMILES string of the molecule is c1ccc(-c2ccccc2N2c3cc4c(cc3B3c5ccccc5Oc5c3c2cc2[se]c3ccccc3c52)B2c3ccccc3N(c3ccccc3)c3c2c(cc2oc5ccccc5c32)N4c2c(-c3ccccc3)cccc2-c2ccccc2)cc1. The molecule has 0 spiro atoms. The van der Waals surface area contributed by atoms with E-state index in [2.05, 4.69) is 300 Å². The van der Waals surface area contributed by atoms with Gasteiger partial charge in [0.15, 0.2) is 0 Å². The van der Waals surface area contributed by atoms with Crippen molar-refractivity contribution in [3.63, 3.8) is 0 Å². The number of furan rings is 1. The monoisotopic (exact) mass is 1160 g/mol. The molecule has 0 saturated carbocycles. The first kappa shape index (κ1) is 47.9. The Labute approximate surface area is 503 Å². The Bertz CT molecular complexity index is 5260. The number of fused-ring (bicyclic) bond motifs is 16. The van der Waals surface area contributed by atoms with Crippen molar-refractivity contribution in [2.75, 3.05) is 14.7 Å². The number of nitrogens with zero attached hydrogens (tertiary/aromatic N) is 3. The molecule has 0 unspecified atom stereocenters. The molecule has 15 aromatic rings. The topological polar surface area (TPSA) is 32.1 Å². The van der Waals surface area contributed by atoms with E-state index in [0.29, 0.717) is 0 Å². The van der Waals surface area contributed by atoms with E-state index < -0.39 is 0 Å². The summed E-state index contributed by atoms with van der Waals surface area (Å²) in [5.74, 6) is 1.87. The van der Waals surface area contributed by atoms with Crippen LogP contribution >= 0.6 is 0 Å². The molecule has 0 aliphatic carbocycles. The van der Waals surface area contributed by atoms with Gasteiger partial charge in [-0.3, -0.25) is 0 Å². The van der Waals surface area contributed by atoms with Crippen LogP contribution in [0.15, 0.2) is 290 Å². The Hall–Kier alpha value is -10.5. The standard InChI is InChI=1S/C78H47B2N3O2Se/c1-5-24-48(25-6-1)52-32-13-18-39-61(52)82-63-45-64-60(44-59(63)80-58-38-17-21-42-68(58)85-78-73-56-34-15-22-43-70(56)86-71(73)47-66(82)75(78)80)79-57-37-16-19-40-62(57)81(51-30-11-4-12-31-51)77-72-55-33-14-20-41-67(55)84-69(72)46-65(74(77)79)83(64)76-53(49-26-7-2-8-27-49)35-23-36-54(76)50-28-9-3-10-29-50/h1-47H. The molecule has 5 nitrogen and oxygen atoms in total. The molecule has 19 rings (SSSR count). The summed E-state index contributed by atoms with van der Waals surface area (Å²) in [4.78, 5) is 7.78. The minimum absolute atomic E-state index is 0.0469. The zero-order chi connectivity index (χ0) is 56.1. The Balaban J connectivity index is 1.01. The van der Waals surface area contributed by atoms with E-state index in [1.54, 1.807) is 0 Å². The molecule has 4 aliphatic heterocycles. The quantitative estimate of drug-likeness (QED) is 0.155. The van der Waals surface area contributed by atoms with Gasteiger partial charge in [-0.15, -0.1) is 0 Å². The van der Waals surface area contributed by atoms with Crippen LogP contribution < -0.4 is 52.2 Å². The Morgan fingerprint density at radius 3 is 1.62 bits per heavy atom. The van der Waals surface area contributed by atoms with E-state index in [0.717, 1.165) is 123 Å². The van der Waals surface area contributed by atoms with Crippen LogP contribution in [0.3, 0.4) is 0 Å². The van der Waals surface area contributed by atoms with Crippen LogP contribution in [0.4, 0.5) is 51.2 Å². The van der Waals surface area contributed by atoms with E-state index in [1.165, 1.54) is 46.6 Å². The van der Waals surface area contributed by atoms with E-state index >= 15 is 0 Å². The first-order valence-corrected chi connectivity index (χ1v) is 31.3. The normalized spacial score (nSPS) is 13.3. The third-order valence-corrected chi connectivity index (χ3v) is 20.8. The van der Waals surface area contributed by atoms with Crippen molar-refractivity contribution in [3.05, 3.63) is 285 Å². The fourth-order valence-corrected chi connectivity index (χ4v) is 17.4. The van der Waals surface area contributed by atoms with Crippen LogP contribution in [0.2, 0.25) is 0 Å². The van der Waals surface area contributed by atoms with Crippen LogP contribution in [0.5, 0.6) is 11.5 Å². The van der Waals surface area contributed by atoms with Crippen molar-refractivity contribution in [1.82, 2.24) is 0 Å². The first-order chi connectivity index (χ1) is 42.7. The fourth-order valence-electron chi connectivity index (χ4n) is 15.0. The number of rotatable bonds is 6. The summed E-state index contributed by atoms with van der Waals surface area (Å²) in [7, 11) is 0. The van der Waals surface area contributed by atoms with Crippen LogP contribution in [-0.4, -0.2) is 27.9 Å². The third-order valence-electron chi connectivity index (χ3n) is 18.5. The molecule has 0 fully saturated rings. The molecule has 4 aliphatic rings. The second-order valence-electron chi connectivity index (χ2n) is 22.9. The average Bonchev–Trinajstić information content (AvgIpc) is 0.994. The van der Waals surface area contributed by atoms with Crippen molar-refractivity contribution in [1.29, 1.82) is 0 Å². The van der Waals surface area contributed by atoms with Crippen LogP contribution in [0.25, 0.3) is 74.6 Å². The van der Waals surface area contributed by atoms with Gasteiger partial charge in [0.25, 0.3) is 0 Å². The van der Waals surface area contributed by atoms with E-state index in [-0.39, 0.29) is 27.9 Å². The van der Waals surface area contributed by atoms with Crippen molar-refractivity contribution < 1.29 is 9.15 Å². The molecule has 0 saturated heterocycles. The first-order valence-electron chi connectivity index (χ1n) is 29.6. The number of hydrogen-bond acceptors (Lipinski definition) is 5. The molecule has 2 aromatic heterocycles. The zero-order valence-electron chi connectivity index (χ0n) is 46.4. The molecule has 6 heterocycles. The molecular weight excluding hydrogens is 1110 g/mol. The van der Waals surface area contributed by atoms with Crippen LogP contribution in [-0.2, 0) is 0 Å². The van der Waals surface area contributed by atoms with Crippen molar-refractivity contribution >= 4 is 153 Å².